The molecule has 0 atom stereocenters. The number of hydrogen-bond donors (Lipinski definition) is 1. The first-order valence-electron chi connectivity index (χ1n) is 9.79. The first-order chi connectivity index (χ1) is 14.8. The topological polar surface area (TPSA) is 48.3 Å². The SMILES string of the molecule is COc1cccc(-c2nn(-c3ccc(Cl)cc3C(F)(F)F)c3c2CCCCN3)c1OC. The third-order valence-corrected chi connectivity index (χ3v) is 5.51. The molecule has 0 radical (unpaired) electrons. The second-order valence-electron chi connectivity index (χ2n) is 7.17. The Morgan fingerprint density at radius 3 is 2.61 bits per heavy atom. The minimum Gasteiger partial charge on any atom is -0.493 e. The first-order valence-corrected chi connectivity index (χ1v) is 10.2. The molecule has 0 unspecified atom stereocenters. The Morgan fingerprint density at radius 2 is 1.90 bits per heavy atom. The Morgan fingerprint density at radius 1 is 1.10 bits per heavy atom. The molecule has 1 aliphatic heterocycles. The molecular formula is C22H21ClF3N3O2. The molecular weight excluding hydrogens is 431 g/mol. The van der Waals surface area contributed by atoms with Crippen LogP contribution in [-0.4, -0.2) is 30.5 Å². The van der Waals surface area contributed by atoms with E-state index in [1.807, 2.05) is 6.07 Å². The van der Waals surface area contributed by atoms with Gasteiger partial charge in [0, 0.05) is 22.7 Å². The van der Waals surface area contributed by atoms with Crippen LogP contribution in [0.1, 0.15) is 24.0 Å². The summed E-state index contributed by atoms with van der Waals surface area (Å²) in [5.74, 6) is 1.55. The van der Waals surface area contributed by atoms with Crippen LogP contribution in [0.15, 0.2) is 36.4 Å². The second-order valence-corrected chi connectivity index (χ2v) is 7.61. The van der Waals surface area contributed by atoms with Crippen LogP contribution in [0.5, 0.6) is 11.5 Å². The van der Waals surface area contributed by atoms with E-state index in [0.29, 0.717) is 41.5 Å². The van der Waals surface area contributed by atoms with Gasteiger partial charge in [0.05, 0.1) is 25.5 Å². The van der Waals surface area contributed by atoms with Gasteiger partial charge in [-0.25, -0.2) is 4.68 Å². The molecule has 0 saturated carbocycles. The average molecular weight is 452 g/mol. The highest BCUT2D eigenvalue weighted by Gasteiger charge is 2.36. The summed E-state index contributed by atoms with van der Waals surface area (Å²) in [7, 11) is 3.06. The predicted molar refractivity (Wildman–Crippen MR) is 114 cm³/mol. The van der Waals surface area contributed by atoms with E-state index in [9.17, 15) is 13.2 Å². The van der Waals surface area contributed by atoms with Gasteiger partial charge in [-0.3, -0.25) is 0 Å². The van der Waals surface area contributed by atoms with E-state index in [1.165, 1.54) is 31.0 Å². The van der Waals surface area contributed by atoms with E-state index in [1.54, 1.807) is 12.1 Å². The molecule has 0 aliphatic carbocycles. The number of halogens is 4. The Balaban J connectivity index is 2.00. The van der Waals surface area contributed by atoms with Crippen molar-refractivity contribution >= 4 is 17.4 Å². The summed E-state index contributed by atoms with van der Waals surface area (Å²) in [6, 6.07) is 9.09. The van der Waals surface area contributed by atoms with Gasteiger partial charge in [-0.15, -0.1) is 0 Å². The maximum atomic E-state index is 13.8. The van der Waals surface area contributed by atoms with Gasteiger partial charge in [0.2, 0.25) is 0 Å². The van der Waals surface area contributed by atoms with Crippen LogP contribution in [0, 0.1) is 0 Å². The maximum absolute atomic E-state index is 13.8. The number of alkyl halides is 3. The maximum Gasteiger partial charge on any atom is 0.418 e. The van der Waals surface area contributed by atoms with Gasteiger partial charge in [-0.2, -0.15) is 18.3 Å². The van der Waals surface area contributed by atoms with Crippen molar-refractivity contribution in [3.63, 3.8) is 0 Å². The molecule has 0 saturated heterocycles. The second kappa shape index (κ2) is 8.34. The van der Waals surface area contributed by atoms with Gasteiger partial charge in [-0.1, -0.05) is 17.7 Å². The standard InChI is InChI=1S/C22H21ClF3N3O2/c1-30-18-8-5-7-14(20(18)31-2)19-15-6-3-4-11-27-21(15)29(28-19)17-10-9-13(23)12-16(17)22(24,25)26/h5,7-10,12,27H,3-4,6,11H2,1-2H3. The van der Waals surface area contributed by atoms with Crippen LogP contribution < -0.4 is 14.8 Å². The molecule has 5 nitrogen and oxygen atoms in total. The van der Waals surface area contributed by atoms with Crippen molar-refractivity contribution < 1.29 is 22.6 Å². The third kappa shape index (κ3) is 3.92. The zero-order valence-electron chi connectivity index (χ0n) is 17.0. The molecule has 0 amide bonds. The molecule has 1 N–H and O–H groups in total. The lowest BCUT2D eigenvalue weighted by Gasteiger charge is -2.16. The average Bonchev–Trinajstić information content (AvgIpc) is 2.92. The van der Waals surface area contributed by atoms with Gasteiger partial charge in [-0.05, 0) is 49.6 Å². The Kier molecular flexibility index (Phi) is 5.75. The van der Waals surface area contributed by atoms with Gasteiger partial charge < -0.3 is 14.8 Å². The number of rotatable bonds is 4. The van der Waals surface area contributed by atoms with Crippen molar-refractivity contribution in [1.29, 1.82) is 0 Å². The van der Waals surface area contributed by atoms with Crippen molar-refractivity contribution in [2.75, 3.05) is 26.1 Å². The summed E-state index contributed by atoms with van der Waals surface area (Å²) < 4.78 is 53.7. The summed E-state index contributed by atoms with van der Waals surface area (Å²) in [6.07, 6.45) is -2.13. The molecule has 0 bridgehead atoms. The minimum absolute atomic E-state index is 0.0111. The molecule has 0 fully saturated rings. The quantitative estimate of drug-likeness (QED) is 0.530. The Labute approximate surface area is 182 Å². The van der Waals surface area contributed by atoms with Crippen LogP contribution in [0.3, 0.4) is 0 Å². The van der Waals surface area contributed by atoms with E-state index in [0.717, 1.165) is 24.5 Å². The molecule has 3 aromatic rings. The lowest BCUT2D eigenvalue weighted by Crippen LogP contribution is -2.14. The highest BCUT2D eigenvalue weighted by atomic mass is 35.5. The van der Waals surface area contributed by atoms with Crippen LogP contribution in [0.25, 0.3) is 16.9 Å². The van der Waals surface area contributed by atoms with Crippen LogP contribution in [0.2, 0.25) is 5.02 Å². The summed E-state index contributed by atoms with van der Waals surface area (Å²) in [5, 5.41) is 7.92. The highest BCUT2D eigenvalue weighted by molar-refractivity contribution is 6.30. The van der Waals surface area contributed by atoms with Crippen molar-refractivity contribution in [2.24, 2.45) is 0 Å². The fourth-order valence-corrected chi connectivity index (χ4v) is 4.06. The zero-order chi connectivity index (χ0) is 22.2. The summed E-state index contributed by atoms with van der Waals surface area (Å²) in [4.78, 5) is 0. The van der Waals surface area contributed by atoms with Crippen molar-refractivity contribution in [3.05, 3.63) is 52.5 Å². The van der Waals surface area contributed by atoms with Gasteiger partial charge in [0.25, 0.3) is 0 Å². The van der Waals surface area contributed by atoms with E-state index in [4.69, 9.17) is 21.1 Å². The largest absolute Gasteiger partial charge is 0.493 e. The molecule has 4 rings (SSSR count). The summed E-state index contributed by atoms with van der Waals surface area (Å²) in [6.45, 7) is 0.641. The zero-order valence-corrected chi connectivity index (χ0v) is 17.8. The number of aromatic nitrogens is 2. The molecule has 1 aromatic heterocycles. The monoisotopic (exact) mass is 451 g/mol. The van der Waals surface area contributed by atoms with Crippen molar-refractivity contribution in [2.45, 2.75) is 25.4 Å². The van der Waals surface area contributed by atoms with Gasteiger partial charge in [0.15, 0.2) is 11.5 Å². The molecule has 2 heterocycles. The number of para-hydroxylation sites is 1. The number of ether oxygens (including phenoxy) is 2. The number of hydrogen-bond acceptors (Lipinski definition) is 4. The summed E-state index contributed by atoms with van der Waals surface area (Å²) in [5.41, 5.74) is 1.12. The number of methoxy groups -OCH3 is 2. The lowest BCUT2D eigenvalue weighted by atomic mass is 10.0. The van der Waals surface area contributed by atoms with E-state index in [2.05, 4.69) is 10.4 Å². The highest BCUT2D eigenvalue weighted by Crippen LogP contribution is 2.43. The van der Waals surface area contributed by atoms with Gasteiger partial charge in [0.1, 0.15) is 11.5 Å². The lowest BCUT2D eigenvalue weighted by molar-refractivity contribution is -0.137. The number of anilines is 1. The number of nitrogens with one attached hydrogen (secondary N) is 1. The van der Waals surface area contributed by atoms with Crippen molar-refractivity contribution in [3.8, 4) is 28.4 Å². The van der Waals surface area contributed by atoms with Gasteiger partial charge >= 0.3 is 6.18 Å². The fraction of sp³-hybridized carbons (Fsp3) is 0.318. The smallest absolute Gasteiger partial charge is 0.418 e. The number of nitrogens with zero attached hydrogens (tertiary/aromatic N) is 2. The van der Waals surface area contributed by atoms with Crippen molar-refractivity contribution in [1.82, 2.24) is 9.78 Å². The van der Waals surface area contributed by atoms with E-state index in [-0.39, 0.29) is 10.7 Å². The first kappa shape index (κ1) is 21.4. The third-order valence-electron chi connectivity index (χ3n) is 5.28. The Hall–Kier alpha value is -2.87. The molecule has 9 heteroatoms. The molecule has 2 aromatic carbocycles. The molecule has 0 spiro atoms. The predicted octanol–water partition coefficient (Wildman–Crippen LogP) is 5.98. The van der Waals surface area contributed by atoms with Crippen LogP contribution >= 0.6 is 11.6 Å². The van der Waals surface area contributed by atoms with Crippen LogP contribution in [-0.2, 0) is 12.6 Å². The van der Waals surface area contributed by atoms with E-state index < -0.39 is 11.7 Å². The normalized spacial score (nSPS) is 13.9. The van der Waals surface area contributed by atoms with Crippen LogP contribution in [0.4, 0.5) is 19.0 Å². The Bertz CT molecular complexity index is 1110. The fourth-order valence-electron chi connectivity index (χ4n) is 3.89. The van der Waals surface area contributed by atoms with E-state index >= 15 is 0 Å². The minimum atomic E-state index is -4.59. The molecule has 31 heavy (non-hydrogen) atoms. The number of fused-ring (bicyclic) bond motifs is 1. The summed E-state index contributed by atoms with van der Waals surface area (Å²) >= 11 is 5.88. The molecule has 164 valence electrons. The number of benzene rings is 2. The molecule has 1 aliphatic rings.